The standard InChI is InChI=1S/C20H29BN2O2/c1-19(2)20(3,4)25-21(24-19)17-12-18-15-22(10-11-23(18)14-17)13-16-8-6-5-7-9-16/h5-9,12,18H,10-11,13-15H2,1-4H3. The van der Waals surface area contributed by atoms with Crippen molar-refractivity contribution in [3.8, 4) is 0 Å². The van der Waals surface area contributed by atoms with Crippen LogP contribution in [0.15, 0.2) is 41.9 Å². The Balaban J connectivity index is 1.42. The fourth-order valence-electron chi connectivity index (χ4n) is 3.93. The van der Waals surface area contributed by atoms with Gasteiger partial charge >= 0.3 is 7.12 Å². The lowest BCUT2D eigenvalue weighted by Gasteiger charge is -2.37. The summed E-state index contributed by atoms with van der Waals surface area (Å²) in [7, 11) is -0.196. The molecule has 4 nitrogen and oxygen atoms in total. The Morgan fingerprint density at radius 2 is 1.72 bits per heavy atom. The van der Waals surface area contributed by atoms with Crippen molar-refractivity contribution in [1.29, 1.82) is 0 Å². The van der Waals surface area contributed by atoms with Crippen molar-refractivity contribution in [2.75, 3.05) is 26.2 Å². The van der Waals surface area contributed by atoms with Crippen LogP contribution in [-0.4, -0.2) is 60.3 Å². The molecule has 0 N–H and O–H groups in total. The minimum absolute atomic E-state index is 0.196. The van der Waals surface area contributed by atoms with Crippen LogP contribution in [0.25, 0.3) is 0 Å². The van der Waals surface area contributed by atoms with Crippen LogP contribution in [0.1, 0.15) is 33.3 Å². The molecular weight excluding hydrogens is 311 g/mol. The smallest absolute Gasteiger partial charge is 0.400 e. The van der Waals surface area contributed by atoms with E-state index in [1.807, 2.05) is 0 Å². The second-order valence-electron chi connectivity index (χ2n) is 8.59. The molecule has 0 saturated carbocycles. The van der Waals surface area contributed by atoms with Gasteiger partial charge in [-0.25, -0.2) is 0 Å². The monoisotopic (exact) mass is 340 g/mol. The molecule has 2 fully saturated rings. The van der Waals surface area contributed by atoms with Gasteiger partial charge in [0.05, 0.1) is 11.2 Å². The first-order valence-corrected chi connectivity index (χ1v) is 9.41. The molecule has 3 aliphatic heterocycles. The maximum absolute atomic E-state index is 6.25. The highest BCUT2D eigenvalue weighted by Crippen LogP contribution is 2.39. The second kappa shape index (κ2) is 6.24. The van der Waals surface area contributed by atoms with Gasteiger partial charge in [-0.05, 0) is 38.7 Å². The SMILES string of the molecule is CC1(C)OB(C2=CC3CN(Cc4ccccc4)CCN3C2)OC1(C)C. The highest BCUT2D eigenvalue weighted by atomic mass is 16.7. The van der Waals surface area contributed by atoms with Gasteiger partial charge in [-0.15, -0.1) is 0 Å². The maximum atomic E-state index is 6.25. The summed E-state index contributed by atoms with van der Waals surface area (Å²) in [6.45, 7) is 13.8. The largest absolute Gasteiger partial charge is 0.491 e. The number of rotatable bonds is 3. The van der Waals surface area contributed by atoms with Gasteiger partial charge in [-0.2, -0.15) is 0 Å². The summed E-state index contributed by atoms with van der Waals surface area (Å²) in [6.07, 6.45) is 2.39. The van der Waals surface area contributed by atoms with Crippen LogP contribution in [0.2, 0.25) is 0 Å². The summed E-state index contributed by atoms with van der Waals surface area (Å²) in [4.78, 5) is 5.11. The van der Waals surface area contributed by atoms with Crippen molar-refractivity contribution in [2.24, 2.45) is 0 Å². The molecule has 4 rings (SSSR count). The third-order valence-corrected chi connectivity index (χ3v) is 6.21. The first kappa shape index (κ1) is 17.3. The zero-order chi connectivity index (χ0) is 17.7. The molecule has 3 heterocycles. The normalized spacial score (nSPS) is 28.9. The van der Waals surface area contributed by atoms with Gasteiger partial charge in [-0.1, -0.05) is 36.4 Å². The number of benzene rings is 1. The Morgan fingerprint density at radius 3 is 2.40 bits per heavy atom. The highest BCUT2D eigenvalue weighted by molar-refractivity contribution is 6.55. The average Bonchev–Trinajstić information content (AvgIpc) is 3.06. The lowest BCUT2D eigenvalue weighted by Crippen LogP contribution is -2.50. The molecule has 0 radical (unpaired) electrons. The van der Waals surface area contributed by atoms with Gasteiger partial charge in [0.2, 0.25) is 0 Å². The van der Waals surface area contributed by atoms with Crippen LogP contribution in [0.4, 0.5) is 0 Å². The molecule has 2 saturated heterocycles. The van der Waals surface area contributed by atoms with E-state index >= 15 is 0 Å². The van der Waals surface area contributed by atoms with Crippen molar-refractivity contribution < 1.29 is 9.31 Å². The molecule has 3 aliphatic rings. The number of fused-ring (bicyclic) bond motifs is 1. The number of piperazine rings is 1. The van der Waals surface area contributed by atoms with Crippen LogP contribution in [0.5, 0.6) is 0 Å². The van der Waals surface area contributed by atoms with Gasteiger partial charge in [-0.3, -0.25) is 9.80 Å². The number of hydrogen-bond acceptors (Lipinski definition) is 4. The summed E-state index contributed by atoms with van der Waals surface area (Å²) < 4.78 is 12.5. The Morgan fingerprint density at radius 1 is 1.04 bits per heavy atom. The first-order chi connectivity index (χ1) is 11.8. The Hall–Kier alpha value is -1.14. The summed E-state index contributed by atoms with van der Waals surface area (Å²) in [6, 6.07) is 11.2. The third kappa shape index (κ3) is 3.31. The van der Waals surface area contributed by atoms with Crippen molar-refractivity contribution >= 4 is 7.12 Å². The molecule has 25 heavy (non-hydrogen) atoms. The molecule has 0 amide bonds. The molecule has 134 valence electrons. The van der Waals surface area contributed by atoms with Gasteiger partial charge in [0.15, 0.2) is 0 Å². The number of nitrogens with zero attached hydrogens (tertiary/aromatic N) is 2. The van der Waals surface area contributed by atoms with Gasteiger partial charge in [0.1, 0.15) is 0 Å². The highest BCUT2D eigenvalue weighted by Gasteiger charge is 2.53. The summed E-state index contributed by atoms with van der Waals surface area (Å²) in [5.41, 5.74) is 2.16. The molecule has 1 aromatic carbocycles. The predicted octanol–water partition coefficient (Wildman–Crippen LogP) is 2.74. The Labute approximate surface area is 151 Å². The zero-order valence-electron chi connectivity index (χ0n) is 15.9. The summed E-state index contributed by atoms with van der Waals surface area (Å²) in [5, 5.41) is 0. The average molecular weight is 340 g/mol. The van der Waals surface area contributed by atoms with Crippen LogP contribution in [-0.2, 0) is 15.9 Å². The minimum Gasteiger partial charge on any atom is -0.400 e. The van der Waals surface area contributed by atoms with Crippen LogP contribution < -0.4 is 0 Å². The summed E-state index contributed by atoms with van der Waals surface area (Å²) in [5.74, 6) is 0. The van der Waals surface area contributed by atoms with E-state index in [1.54, 1.807) is 0 Å². The minimum atomic E-state index is -0.263. The van der Waals surface area contributed by atoms with Gasteiger partial charge in [0, 0.05) is 38.8 Å². The molecule has 1 unspecified atom stereocenters. The molecule has 0 aromatic heterocycles. The second-order valence-corrected chi connectivity index (χ2v) is 8.59. The van der Waals surface area contributed by atoms with Crippen LogP contribution in [0.3, 0.4) is 0 Å². The van der Waals surface area contributed by atoms with E-state index < -0.39 is 0 Å². The van der Waals surface area contributed by atoms with E-state index in [0.29, 0.717) is 6.04 Å². The van der Waals surface area contributed by atoms with Gasteiger partial charge in [0.25, 0.3) is 0 Å². The Bertz CT molecular complexity index is 643. The fraction of sp³-hybridized carbons (Fsp3) is 0.600. The van der Waals surface area contributed by atoms with E-state index in [0.717, 1.165) is 32.7 Å². The molecule has 5 heteroatoms. The topological polar surface area (TPSA) is 24.9 Å². The first-order valence-electron chi connectivity index (χ1n) is 9.41. The predicted molar refractivity (Wildman–Crippen MR) is 101 cm³/mol. The molecule has 0 aliphatic carbocycles. The quantitative estimate of drug-likeness (QED) is 0.790. The van der Waals surface area contributed by atoms with E-state index in [1.165, 1.54) is 11.0 Å². The van der Waals surface area contributed by atoms with E-state index in [2.05, 4.69) is 73.9 Å². The number of hydrogen-bond donors (Lipinski definition) is 0. The zero-order valence-corrected chi connectivity index (χ0v) is 15.9. The lowest BCUT2D eigenvalue weighted by molar-refractivity contribution is 0.00578. The van der Waals surface area contributed by atoms with Gasteiger partial charge < -0.3 is 9.31 Å². The summed E-state index contributed by atoms with van der Waals surface area (Å²) >= 11 is 0. The van der Waals surface area contributed by atoms with Crippen molar-refractivity contribution in [2.45, 2.75) is 51.5 Å². The van der Waals surface area contributed by atoms with Crippen molar-refractivity contribution in [3.63, 3.8) is 0 Å². The fourth-order valence-corrected chi connectivity index (χ4v) is 3.93. The molecule has 0 spiro atoms. The van der Waals surface area contributed by atoms with Crippen LogP contribution >= 0.6 is 0 Å². The van der Waals surface area contributed by atoms with E-state index in [4.69, 9.17) is 9.31 Å². The van der Waals surface area contributed by atoms with Crippen molar-refractivity contribution in [1.82, 2.24) is 9.80 Å². The molecule has 1 atom stereocenters. The van der Waals surface area contributed by atoms with E-state index in [-0.39, 0.29) is 18.3 Å². The molecular formula is C20H29BN2O2. The van der Waals surface area contributed by atoms with E-state index in [9.17, 15) is 0 Å². The van der Waals surface area contributed by atoms with Crippen LogP contribution in [0, 0.1) is 0 Å². The molecule has 0 bridgehead atoms. The maximum Gasteiger partial charge on any atom is 0.491 e. The molecule has 1 aromatic rings. The Kier molecular flexibility index (Phi) is 4.31. The van der Waals surface area contributed by atoms with Crippen molar-refractivity contribution in [3.05, 3.63) is 47.4 Å². The lowest BCUT2D eigenvalue weighted by atomic mass is 9.78. The third-order valence-electron chi connectivity index (χ3n) is 6.21.